The highest BCUT2D eigenvalue weighted by Gasteiger charge is 2.29. The monoisotopic (exact) mass is 334 g/mol. The molecule has 0 fully saturated rings. The van der Waals surface area contributed by atoms with Gasteiger partial charge in [0.2, 0.25) is 10.0 Å². The molecule has 0 saturated heterocycles. The molecule has 1 aromatic carbocycles. The number of halogens is 1. The molecule has 21 heavy (non-hydrogen) atoms. The zero-order valence-corrected chi connectivity index (χ0v) is 12.3. The number of anilines is 2. The van der Waals surface area contributed by atoms with Gasteiger partial charge >= 0.3 is 5.97 Å². The molecule has 0 saturated carbocycles. The topological polar surface area (TPSA) is 122 Å². The average molecular weight is 335 g/mol. The molecular formula is C11H11ClN2O6S. The molecule has 10 heteroatoms. The normalized spacial score (nSPS) is 15.4. The highest BCUT2D eigenvalue weighted by molar-refractivity contribution is 7.94. The number of fused-ring (bicyclic) bond motifs is 1. The van der Waals surface area contributed by atoms with Gasteiger partial charge in [0.15, 0.2) is 11.9 Å². The Morgan fingerprint density at radius 3 is 2.81 bits per heavy atom. The quantitative estimate of drug-likeness (QED) is 0.751. The van der Waals surface area contributed by atoms with Crippen molar-refractivity contribution in [2.24, 2.45) is 0 Å². The Morgan fingerprint density at radius 1 is 1.52 bits per heavy atom. The molecule has 1 amide bonds. The van der Waals surface area contributed by atoms with E-state index in [0.29, 0.717) is 5.69 Å². The van der Waals surface area contributed by atoms with E-state index in [4.69, 9.17) is 21.4 Å². The Labute approximate surface area is 125 Å². The molecule has 1 aromatic rings. The minimum absolute atomic E-state index is 0.000661. The van der Waals surface area contributed by atoms with E-state index >= 15 is 0 Å². The third kappa shape index (κ3) is 3.19. The van der Waals surface area contributed by atoms with E-state index in [2.05, 4.69) is 10.0 Å². The summed E-state index contributed by atoms with van der Waals surface area (Å²) in [6.07, 6.45) is 0. The van der Waals surface area contributed by atoms with E-state index in [1.807, 2.05) is 0 Å². The van der Waals surface area contributed by atoms with Gasteiger partial charge in [-0.2, -0.15) is 0 Å². The highest BCUT2D eigenvalue weighted by Crippen LogP contribution is 2.36. The Kier molecular flexibility index (Phi) is 3.97. The zero-order chi connectivity index (χ0) is 15.8. The van der Waals surface area contributed by atoms with E-state index in [-0.39, 0.29) is 29.0 Å². The van der Waals surface area contributed by atoms with Crippen LogP contribution in [0.2, 0.25) is 5.02 Å². The van der Waals surface area contributed by atoms with Crippen LogP contribution in [0.4, 0.5) is 11.4 Å². The Morgan fingerprint density at radius 2 is 2.19 bits per heavy atom. The largest absolute Gasteiger partial charge is 0.482 e. The van der Waals surface area contributed by atoms with Gasteiger partial charge in [0, 0.05) is 6.07 Å². The summed E-state index contributed by atoms with van der Waals surface area (Å²) in [5.74, 6) is -1.61. The van der Waals surface area contributed by atoms with Crippen molar-refractivity contribution in [1.82, 2.24) is 0 Å². The number of carboxylic acids is 1. The number of ether oxygens (including phenoxy) is 1. The maximum absolute atomic E-state index is 11.9. The fraction of sp³-hybridized carbons (Fsp3) is 0.273. The minimum atomic E-state index is -4.15. The van der Waals surface area contributed by atoms with Crippen molar-refractivity contribution in [3.63, 3.8) is 0 Å². The summed E-state index contributed by atoms with van der Waals surface area (Å²) in [5, 5.41) is 9.63. The summed E-state index contributed by atoms with van der Waals surface area (Å²) in [5.41, 5.74) is 0.283. The van der Waals surface area contributed by atoms with Crippen LogP contribution in [-0.2, 0) is 19.6 Å². The zero-order valence-electron chi connectivity index (χ0n) is 10.7. The first kappa shape index (κ1) is 15.4. The van der Waals surface area contributed by atoms with Gasteiger partial charge in [0.1, 0.15) is 5.75 Å². The lowest BCUT2D eigenvalue weighted by Gasteiger charge is -2.20. The van der Waals surface area contributed by atoms with Gasteiger partial charge < -0.3 is 15.2 Å². The Balaban J connectivity index is 2.34. The van der Waals surface area contributed by atoms with Crippen molar-refractivity contribution in [3.05, 3.63) is 17.2 Å². The molecular weight excluding hydrogens is 324 g/mol. The molecule has 1 aliphatic rings. The molecule has 1 atom stereocenters. The predicted octanol–water partition coefficient (Wildman–Crippen LogP) is 0.886. The second-order valence-electron chi connectivity index (χ2n) is 4.29. The van der Waals surface area contributed by atoms with E-state index in [1.165, 1.54) is 12.1 Å². The lowest BCUT2D eigenvalue weighted by molar-refractivity contribution is -0.136. The van der Waals surface area contributed by atoms with Gasteiger partial charge in [-0.25, -0.2) is 8.42 Å². The smallest absolute Gasteiger partial charge is 0.323 e. The van der Waals surface area contributed by atoms with Gasteiger partial charge in [-0.1, -0.05) is 11.6 Å². The molecule has 3 N–H and O–H groups in total. The number of hydrogen-bond donors (Lipinski definition) is 3. The lowest BCUT2D eigenvalue weighted by Crippen LogP contribution is -2.32. The molecule has 0 radical (unpaired) electrons. The average Bonchev–Trinajstić information content (AvgIpc) is 2.38. The minimum Gasteiger partial charge on any atom is -0.482 e. The molecule has 0 aliphatic carbocycles. The maximum Gasteiger partial charge on any atom is 0.323 e. The molecule has 114 valence electrons. The number of rotatable bonds is 4. The number of benzene rings is 1. The number of hydrogen-bond acceptors (Lipinski definition) is 5. The molecule has 0 aromatic heterocycles. The van der Waals surface area contributed by atoms with Gasteiger partial charge in [-0.05, 0) is 13.0 Å². The molecule has 1 unspecified atom stereocenters. The van der Waals surface area contributed by atoms with Crippen molar-refractivity contribution in [2.75, 3.05) is 16.6 Å². The van der Waals surface area contributed by atoms with Crippen LogP contribution in [0.1, 0.15) is 6.92 Å². The number of carbonyl (C=O) groups excluding carboxylic acids is 1. The van der Waals surface area contributed by atoms with Crippen molar-refractivity contribution in [2.45, 2.75) is 12.2 Å². The number of carboxylic acid groups (broad SMARTS) is 1. The van der Waals surface area contributed by atoms with Crippen LogP contribution in [-0.4, -0.2) is 37.3 Å². The van der Waals surface area contributed by atoms with E-state index in [0.717, 1.165) is 6.92 Å². The summed E-state index contributed by atoms with van der Waals surface area (Å²) in [6, 6.07) is 2.60. The van der Waals surface area contributed by atoms with Gasteiger partial charge in [-0.15, -0.1) is 0 Å². The number of amides is 1. The van der Waals surface area contributed by atoms with Crippen molar-refractivity contribution >= 4 is 44.9 Å². The van der Waals surface area contributed by atoms with Crippen LogP contribution < -0.4 is 14.8 Å². The van der Waals surface area contributed by atoms with Crippen molar-refractivity contribution in [3.8, 4) is 5.75 Å². The third-order valence-corrected chi connectivity index (χ3v) is 4.72. The molecule has 2 rings (SSSR count). The molecule has 8 nitrogen and oxygen atoms in total. The fourth-order valence-corrected chi connectivity index (χ4v) is 2.74. The van der Waals surface area contributed by atoms with E-state index in [9.17, 15) is 18.0 Å². The third-order valence-electron chi connectivity index (χ3n) is 2.77. The lowest BCUT2D eigenvalue weighted by atomic mass is 10.2. The van der Waals surface area contributed by atoms with Crippen molar-refractivity contribution < 1.29 is 27.9 Å². The van der Waals surface area contributed by atoms with Gasteiger partial charge in [-0.3, -0.25) is 14.3 Å². The number of sulfonamides is 1. The summed E-state index contributed by atoms with van der Waals surface area (Å²) in [6.45, 7) is 0.833. The van der Waals surface area contributed by atoms with Crippen molar-refractivity contribution in [1.29, 1.82) is 0 Å². The second kappa shape index (κ2) is 5.41. The predicted molar refractivity (Wildman–Crippen MR) is 75.2 cm³/mol. The number of nitrogens with one attached hydrogen (secondary N) is 2. The molecule has 1 aliphatic heterocycles. The molecule has 1 heterocycles. The molecule has 0 bridgehead atoms. The van der Waals surface area contributed by atoms with Crippen LogP contribution in [0, 0.1) is 0 Å². The Bertz CT molecular complexity index is 718. The van der Waals surface area contributed by atoms with Crippen LogP contribution in [0.5, 0.6) is 5.75 Å². The highest BCUT2D eigenvalue weighted by atomic mass is 35.5. The van der Waals surface area contributed by atoms with Crippen LogP contribution in [0.3, 0.4) is 0 Å². The van der Waals surface area contributed by atoms with Crippen LogP contribution >= 0.6 is 11.6 Å². The first-order valence-corrected chi connectivity index (χ1v) is 7.64. The standard InChI is InChI=1S/C11H11ClN2O6S/c1-5(11(16)17)21(18,19)14-7-3-9-8(2-6(7)12)13-10(15)4-20-9/h2-3,5,14H,4H2,1H3,(H,13,15)(H,16,17). The summed E-state index contributed by atoms with van der Waals surface area (Å²) >= 11 is 5.92. The second-order valence-corrected chi connectivity index (χ2v) is 6.70. The SMILES string of the molecule is CC(C(=O)O)S(=O)(=O)Nc1cc2c(cc1Cl)NC(=O)CO2. The van der Waals surface area contributed by atoms with E-state index in [1.54, 1.807) is 0 Å². The number of carbonyl (C=O) groups is 2. The summed E-state index contributed by atoms with van der Waals surface area (Å²) in [4.78, 5) is 21.9. The Hall–Kier alpha value is -2.00. The fourth-order valence-electron chi connectivity index (χ4n) is 1.55. The number of aliphatic carboxylic acids is 1. The maximum atomic E-state index is 11.9. The summed E-state index contributed by atoms with van der Waals surface area (Å²) < 4.78 is 30.9. The first-order valence-electron chi connectivity index (χ1n) is 5.71. The molecule has 0 spiro atoms. The van der Waals surface area contributed by atoms with Gasteiger partial charge in [0.05, 0.1) is 16.4 Å². The van der Waals surface area contributed by atoms with Crippen LogP contribution in [0.15, 0.2) is 12.1 Å². The first-order chi connectivity index (χ1) is 9.70. The summed E-state index contributed by atoms with van der Waals surface area (Å²) in [7, 11) is -4.15. The van der Waals surface area contributed by atoms with Gasteiger partial charge in [0.25, 0.3) is 5.91 Å². The van der Waals surface area contributed by atoms with Crippen LogP contribution in [0.25, 0.3) is 0 Å². The van der Waals surface area contributed by atoms with E-state index < -0.39 is 21.2 Å².